The van der Waals surface area contributed by atoms with Crippen LogP contribution in [0.4, 0.5) is 0 Å². The first-order valence-corrected chi connectivity index (χ1v) is 7.87. The van der Waals surface area contributed by atoms with E-state index >= 15 is 0 Å². The van der Waals surface area contributed by atoms with Gasteiger partial charge < -0.3 is 10.1 Å². The Labute approximate surface area is 131 Å². The molecule has 110 valence electrons. The summed E-state index contributed by atoms with van der Waals surface area (Å²) in [6.45, 7) is 1.77. The predicted octanol–water partition coefficient (Wildman–Crippen LogP) is 4.98. The molecule has 0 bridgehead atoms. The highest BCUT2D eigenvalue weighted by molar-refractivity contribution is 6.37. The molecule has 0 amide bonds. The lowest BCUT2D eigenvalue weighted by molar-refractivity contribution is 0.415. The number of methoxy groups -OCH3 is 1. The van der Waals surface area contributed by atoms with Gasteiger partial charge in [0.15, 0.2) is 5.75 Å². The maximum Gasteiger partial charge on any atom is 0.156 e. The Hall–Kier alpha value is -0.700. The van der Waals surface area contributed by atoms with Crippen LogP contribution in [0.2, 0.25) is 10.0 Å². The molecule has 0 radical (unpaired) electrons. The van der Waals surface area contributed by atoms with E-state index in [1.165, 1.54) is 25.7 Å². The van der Waals surface area contributed by atoms with Crippen LogP contribution < -0.4 is 10.1 Å². The minimum atomic E-state index is 0.546. The van der Waals surface area contributed by atoms with Crippen molar-refractivity contribution in [2.75, 3.05) is 13.7 Å². The topological polar surface area (TPSA) is 21.3 Å². The molecule has 0 heterocycles. The van der Waals surface area contributed by atoms with Gasteiger partial charge in [-0.15, -0.1) is 0 Å². The molecule has 20 heavy (non-hydrogen) atoms. The second-order valence-electron chi connectivity index (χ2n) is 5.13. The van der Waals surface area contributed by atoms with Crippen LogP contribution in [0.3, 0.4) is 0 Å². The van der Waals surface area contributed by atoms with E-state index in [9.17, 15) is 0 Å². The van der Waals surface area contributed by atoms with Gasteiger partial charge in [0.2, 0.25) is 0 Å². The number of rotatable bonds is 6. The van der Waals surface area contributed by atoms with Gasteiger partial charge in [-0.05, 0) is 56.3 Å². The Morgan fingerprint density at radius 3 is 2.55 bits per heavy atom. The smallest absolute Gasteiger partial charge is 0.156 e. The van der Waals surface area contributed by atoms with Crippen LogP contribution in [0.1, 0.15) is 37.7 Å². The van der Waals surface area contributed by atoms with Crippen molar-refractivity contribution in [2.24, 2.45) is 0 Å². The third-order valence-electron chi connectivity index (χ3n) is 3.60. The number of halogens is 2. The summed E-state index contributed by atoms with van der Waals surface area (Å²) in [7, 11) is 1.57. The van der Waals surface area contributed by atoms with Crippen molar-refractivity contribution in [3.63, 3.8) is 0 Å². The molecule has 2 rings (SSSR count). The van der Waals surface area contributed by atoms with E-state index in [2.05, 4.69) is 11.4 Å². The first kappa shape index (κ1) is 15.7. The lowest BCUT2D eigenvalue weighted by atomic mass is 9.97. The molecule has 0 saturated carbocycles. The lowest BCUT2D eigenvalue weighted by Gasteiger charge is -2.13. The van der Waals surface area contributed by atoms with Crippen molar-refractivity contribution in [1.82, 2.24) is 5.32 Å². The normalized spacial score (nSPS) is 15.1. The molecule has 0 unspecified atom stereocenters. The second kappa shape index (κ2) is 7.92. The van der Waals surface area contributed by atoms with E-state index in [0.717, 1.165) is 25.1 Å². The Morgan fingerprint density at radius 1 is 1.20 bits per heavy atom. The van der Waals surface area contributed by atoms with Gasteiger partial charge in [0.25, 0.3) is 0 Å². The van der Waals surface area contributed by atoms with Crippen molar-refractivity contribution < 1.29 is 4.74 Å². The zero-order valence-electron chi connectivity index (χ0n) is 11.8. The highest BCUT2D eigenvalue weighted by atomic mass is 35.5. The van der Waals surface area contributed by atoms with Crippen LogP contribution >= 0.6 is 23.2 Å². The minimum Gasteiger partial charge on any atom is -0.494 e. The van der Waals surface area contributed by atoms with Crippen LogP contribution in [-0.2, 0) is 6.54 Å². The molecule has 0 spiro atoms. The van der Waals surface area contributed by atoms with Crippen LogP contribution in [0.25, 0.3) is 0 Å². The summed E-state index contributed by atoms with van der Waals surface area (Å²) >= 11 is 12.2. The fraction of sp³-hybridized carbons (Fsp3) is 0.500. The first-order valence-electron chi connectivity index (χ1n) is 7.11. The molecule has 1 aromatic rings. The molecule has 0 atom stereocenters. The van der Waals surface area contributed by atoms with Gasteiger partial charge in [0, 0.05) is 6.54 Å². The van der Waals surface area contributed by atoms with E-state index < -0.39 is 0 Å². The summed E-state index contributed by atoms with van der Waals surface area (Å²) in [5.74, 6) is 0.546. The molecule has 0 aromatic heterocycles. The summed E-state index contributed by atoms with van der Waals surface area (Å²) < 4.78 is 5.14. The maximum absolute atomic E-state index is 6.12. The maximum atomic E-state index is 6.12. The molecular formula is C16H21Cl2NO. The Morgan fingerprint density at radius 2 is 1.95 bits per heavy atom. The van der Waals surface area contributed by atoms with E-state index in [1.54, 1.807) is 12.7 Å². The van der Waals surface area contributed by atoms with E-state index in [1.807, 2.05) is 12.1 Å². The zero-order valence-corrected chi connectivity index (χ0v) is 13.4. The summed E-state index contributed by atoms with van der Waals surface area (Å²) in [6, 6.07) is 3.80. The Kier molecular flexibility index (Phi) is 6.21. The third-order valence-corrected chi connectivity index (χ3v) is 4.16. The molecule has 1 N–H and O–H groups in total. The average molecular weight is 314 g/mol. The van der Waals surface area contributed by atoms with Crippen molar-refractivity contribution in [3.05, 3.63) is 39.4 Å². The summed E-state index contributed by atoms with van der Waals surface area (Å²) in [4.78, 5) is 0. The van der Waals surface area contributed by atoms with E-state index in [4.69, 9.17) is 27.9 Å². The van der Waals surface area contributed by atoms with Gasteiger partial charge in [-0.3, -0.25) is 0 Å². The molecule has 2 nitrogen and oxygen atoms in total. The number of ether oxygens (including phenoxy) is 1. The van der Waals surface area contributed by atoms with Crippen molar-refractivity contribution in [2.45, 2.75) is 38.6 Å². The molecule has 4 heteroatoms. The quantitative estimate of drug-likeness (QED) is 0.590. The Balaban J connectivity index is 1.80. The van der Waals surface area contributed by atoms with Gasteiger partial charge in [0.05, 0.1) is 17.2 Å². The summed E-state index contributed by atoms with van der Waals surface area (Å²) in [5.41, 5.74) is 2.67. The van der Waals surface area contributed by atoms with Gasteiger partial charge in [0.1, 0.15) is 0 Å². The second-order valence-corrected chi connectivity index (χ2v) is 5.94. The fourth-order valence-corrected chi connectivity index (χ4v) is 3.21. The molecule has 1 aromatic carbocycles. The monoisotopic (exact) mass is 313 g/mol. The standard InChI is InChI=1S/C16H21Cl2NO/c1-20-16-14(17)9-13(10-15(16)18)11-19-8-7-12-5-3-2-4-6-12/h5,9-10,19H,2-4,6-8,11H2,1H3. The van der Waals surface area contributed by atoms with Crippen LogP contribution in [-0.4, -0.2) is 13.7 Å². The van der Waals surface area contributed by atoms with Gasteiger partial charge in [-0.25, -0.2) is 0 Å². The summed E-state index contributed by atoms with van der Waals surface area (Å²) in [6.07, 6.45) is 8.74. The molecular weight excluding hydrogens is 293 g/mol. The van der Waals surface area contributed by atoms with Gasteiger partial charge in [-0.1, -0.05) is 34.9 Å². The van der Waals surface area contributed by atoms with Crippen LogP contribution in [0.5, 0.6) is 5.75 Å². The lowest BCUT2D eigenvalue weighted by Crippen LogP contribution is -2.15. The van der Waals surface area contributed by atoms with Crippen LogP contribution in [0.15, 0.2) is 23.8 Å². The number of allylic oxidation sites excluding steroid dienone is 1. The minimum absolute atomic E-state index is 0.546. The summed E-state index contributed by atoms with van der Waals surface area (Å²) in [5, 5.41) is 4.57. The third kappa shape index (κ3) is 4.41. The largest absolute Gasteiger partial charge is 0.494 e. The zero-order chi connectivity index (χ0) is 14.4. The fourth-order valence-electron chi connectivity index (χ4n) is 2.52. The highest BCUT2D eigenvalue weighted by Crippen LogP contribution is 2.33. The first-order chi connectivity index (χ1) is 9.70. The Bertz CT molecular complexity index is 462. The van der Waals surface area contributed by atoms with Gasteiger partial charge in [-0.2, -0.15) is 0 Å². The molecule has 1 aliphatic rings. The SMILES string of the molecule is COc1c(Cl)cc(CNCCC2=CCCCC2)cc1Cl. The van der Waals surface area contributed by atoms with Crippen molar-refractivity contribution in [1.29, 1.82) is 0 Å². The molecule has 0 aliphatic heterocycles. The number of nitrogens with one attached hydrogen (secondary N) is 1. The molecule has 1 aliphatic carbocycles. The predicted molar refractivity (Wildman–Crippen MR) is 85.9 cm³/mol. The van der Waals surface area contributed by atoms with E-state index in [0.29, 0.717) is 15.8 Å². The van der Waals surface area contributed by atoms with Crippen LogP contribution in [0, 0.1) is 0 Å². The van der Waals surface area contributed by atoms with E-state index in [-0.39, 0.29) is 0 Å². The van der Waals surface area contributed by atoms with Crippen molar-refractivity contribution >= 4 is 23.2 Å². The van der Waals surface area contributed by atoms with Crippen molar-refractivity contribution in [3.8, 4) is 5.75 Å². The molecule has 0 saturated heterocycles. The number of hydrogen-bond donors (Lipinski definition) is 1. The highest BCUT2D eigenvalue weighted by Gasteiger charge is 2.08. The van der Waals surface area contributed by atoms with Gasteiger partial charge >= 0.3 is 0 Å². The average Bonchev–Trinajstić information content (AvgIpc) is 2.44. The molecule has 0 fully saturated rings. The number of benzene rings is 1. The number of hydrogen-bond acceptors (Lipinski definition) is 2.